The van der Waals surface area contributed by atoms with Gasteiger partial charge in [-0.05, 0) is 24.5 Å². The molecule has 130 valence electrons. The Morgan fingerprint density at radius 3 is 2.84 bits per heavy atom. The first-order chi connectivity index (χ1) is 12.3. The molecule has 2 aliphatic heterocycles. The van der Waals surface area contributed by atoms with Gasteiger partial charge in [-0.2, -0.15) is 0 Å². The Hall–Kier alpha value is -2.69. The molecule has 0 aliphatic carbocycles. The van der Waals surface area contributed by atoms with Gasteiger partial charge in [0.1, 0.15) is 6.61 Å². The number of carbonyl (C=O) groups is 1. The van der Waals surface area contributed by atoms with Crippen molar-refractivity contribution in [3.63, 3.8) is 0 Å². The van der Waals surface area contributed by atoms with Crippen LogP contribution in [0, 0.1) is 0 Å². The van der Waals surface area contributed by atoms with Crippen LogP contribution in [0.15, 0.2) is 42.5 Å². The molecule has 0 saturated carbocycles. The fourth-order valence-electron chi connectivity index (χ4n) is 3.59. The second kappa shape index (κ2) is 6.67. The Balaban J connectivity index is 1.62. The van der Waals surface area contributed by atoms with Gasteiger partial charge in [0.05, 0.1) is 18.4 Å². The van der Waals surface area contributed by atoms with Crippen molar-refractivity contribution in [2.45, 2.75) is 25.5 Å². The molecule has 25 heavy (non-hydrogen) atoms. The van der Waals surface area contributed by atoms with E-state index in [2.05, 4.69) is 5.32 Å². The molecular weight excluding hydrogens is 316 g/mol. The van der Waals surface area contributed by atoms with E-state index in [0.717, 1.165) is 37.2 Å². The Labute approximate surface area is 147 Å². The molecule has 0 bridgehead atoms. The number of carbonyl (C=O) groups excluding carboxylic acids is 1. The Morgan fingerprint density at radius 1 is 1.20 bits per heavy atom. The van der Waals surface area contributed by atoms with E-state index in [1.807, 2.05) is 41.3 Å². The van der Waals surface area contributed by atoms with E-state index in [1.165, 1.54) is 0 Å². The third kappa shape index (κ3) is 3.02. The lowest BCUT2D eigenvalue weighted by molar-refractivity contribution is 0.0750. The van der Waals surface area contributed by atoms with E-state index in [-0.39, 0.29) is 11.9 Å². The van der Waals surface area contributed by atoms with Crippen LogP contribution in [0.1, 0.15) is 28.8 Å². The van der Waals surface area contributed by atoms with Gasteiger partial charge in [0.25, 0.3) is 5.91 Å². The SMILES string of the molecule is COc1cc2c(cc1OCc1ccccc1)NC[C@@H]1CCCN1C2=O. The zero-order valence-corrected chi connectivity index (χ0v) is 14.3. The summed E-state index contributed by atoms with van der Waals surface area (Å²) in [6, 6.07) is 14.0. The number of ether oxygens (including phenoxy) is 2. The van der Waals surface area contributed by atoms with Gasteiger partial charge in [-0.3, -0.25) is 4.79 Å². The van der Waals surface area contributed by atoms with Crippen LogP contribution in [0.4, 0.5) is 5.69 Å². The van der Waals surface area contributed by atoms with E-state index in [1.54, 1.807) is 13.2 Å². The highest BCUT2D eigenvalue weighted by molar-refractivity contribution is 6.01. The fraction of sp³-hybridized carbons (Fsp3) is 0.350. The van der Waals surface area contributed by atoms with E-state index in [4.69, 9.17) is 9.47 Å². The lowest BCUT2D eigenvalue weighted by atomic mass is 10.1. The van der Waals surface area contributed by atoms with Crippen molar-refractivity contribution in [1.82, 2.24) is 4.90 Å². The predicted octanol–water partition coefficient (Wildman–Crippen LogP) is 3.30. The molecule has 2 aromatic carbocycles. The first kappa shape index (κ1) is 15.8. The van der Waals surface area contributed by atoms with E-state index in [0.29, 0.717) is 23.7 Å². The summed E-state index contributed by atoms with van der Waals surface area (Å²) >= 11 is 0. The first-order valence-electron chi connectivity index (χ1n) is 8.70. The maximum absolute atomic E-state index is 12.9. The number of benzene rings is 2. The summed E-state index contributed by atoms with van der Waals surface area (Å²) < 4.78 is 11.4. The summed E-state index contributed by atoms with van der Waals surface area (Å²) in [6.45, 7) is 2.07. The van der Waals surface area contributed by atoms with Crippen molar-refractivity contribution in [3.8, 4) is 11.5 Å². The van der Waals surface area contributed by atoms with E-state index >= 15 is 0 Å². The number of rotatable bonds is 4. The minimum Gasteiger partial charge on any atom is -0.493 e. The maximum atomic E-state index is 12.9. The number of nitrogens with one attached hydrogen (secondary N) is 1. The van der Waals surface area contributed by atoms with Gasteiger partial charge in [-0.15, -0.1) is 0 Å². The molecule has 1 saturated heterocycles. The molecule has 0 spiro atoms. The number of hydrogen-bond donors (Lipinski definition) is 1. The zero-order valence-electron chi connectivity index (χ0n) is 14.3. The second-order valence-electron chi connectivity index (χ2n) is 6.50. The van der Waals surface area contributed by atoms with Crippen molar-refractivity contribution >= 4 is 11.6 Å². The van der Waals surface area contributed by atoms with Gasteiger partial charge < -0.3 is 19.7 Å². The van der Waals surface area contributed by atoms with Crippen LogP contribution in [-0.4, -0.2) is 37.0 Å². The van der Waals surface area contributed by atoms with Crippen LogP contribution < -0.4 is 14.8 Å². The number of methoxy groups -OCH3 is 1. The smallest absolute Gasteiger partial charge is 0.256 e. The van der Waals surface area contributed by atoms with Crippen molar-refractivity contribution < 1.29 is 14.3 Å². The van der Waals surface area contributed by atoms with Crippen LogP contribution in [0.3, 0.4) is 0 Å². The summed E-state index contributed by atoms with van der Waals surface area (Å²) in [5.74, 6) is 1.31. The third-order valence-corrected chi connectivity index (χ3v) is 4.94. The van der Waals surface area contributed by atoms with Crippen molar-refractivity contribution in [2.24, 2.45) is 0 Å². The van der Waals surface area contributed by atoms with Gasteiger partial charge in [0.15, 0.2) is 11.5 Å². The standard InChI is InChI=1S/C20H22N2O3/c1-24-18-10-16-17(21-12-15-8-5-9-22(15)20(16)23)11-19(18)25-13-14-6-3-2-4-7-14/h2-4,6-7,10-11,15,21H,5,8-9,12-13H2,1H3/t15-/m0/s1. The van der Waals surface area contributed by atoms with Gasteiger partial charge in [-0.1, -0.05) is 30.3 Å². The summed E-state index contributed by atoms with van der Waals surface area (Å²) in [7, 11) is 1.60. The Bertz CT molecular complexity index is 776. The van der Waals surface area contributed by atoms with Crippen LogP contribution in [0.2, 0.25) is 0 Å². The zero-order chi connectivity index (χ0) is 17.2. The minimum atomic E-state index is 0.0791. The summed E-state index contributed by atoms with van der Waals surface area (Å²) in [4.78, 5) is 14.8. The number of nitrogens with zero attached hydrogens (tertiary/aromatic N) is 1. The van der Waals surface area contributed by atoms with Gasteiger partial charge in [0.2, 0.25) is 0 Å². The first-order valence-corrected chi connectivity index (χ1v) is 8.70. The molecule has 5 heteroatoms. The normalized spacial score (nSPS) is 18.8. The molecule has 1 atom stereocenters. The van der Waals surface area contributed by atoms with Gasteiger partial charge in [0, 0.05) is 25.2 Å². The molecular formula is C20H22N2O3. The summed E-state index contributed by atoms with van der Waals surface area (Å²) in [5.41, 5.74) is 2.57. The molecule has 5 nitrogen and oxygen atoms in total. The average Bonchev–Trinajstić information content (AvgIpc) is 3.08. The van der Waals surface area contributed by atoms with Crippen LogP contribution >= 0.6 is 0 Å². The fourth-order valence-corrected chi connectivity index (χ4v) is 3.59. The lowest BCUT2D eigenvalue weighted by Crippen LogP contribution is -2.36. The van der Waals surface area contributed by atoms with Crippen molar-refractivity contribution in [1.29, 1.82) is 0 Å². The third-order valence-electron chi connectivity index (χ3n) is 4.94. The lowest BCUT2D eigenvalue weighted by Gasteiger charge is -2.21. The molecule has 0 aromatic heterocycles. The Morgan fingerprint density at radius 2 is 2.04 bits per heavy atom. The predicted molar refractivity (Wildman–Crippen MR) is 96.3 cm³/mol. The Kier molecular flexibility index (Phi) is 4.22. The monoisotopic (exact) mass is 338 g/mol. The average molecular weight is 338 g/mol. The summed E-state index contributed by atoms with van der Waals surface area (Å²) in [5, 5.41) is 3.42. The molecule has 0 radical (unpaired) electrons. The van der Waals surface area contributed by atoms with E-state index < -0.39 is 0 Å². The molecule has 1 amide bonds. The topological polar surface area (TPSA) is 50.8 Å². The van der Waals surface area contributed by atoms with E-state index in [9.17, 15) is 4.79 Å². The van der Waals surface area contributed by atoms with Gasteiger partial charge >= 0.3 is 0 Å². The van der Waals surface area contributed by atoms with Crippen molar-refractivity contribution in [3.05, 3.63) is 53.6 Å². The highest BCUT2D eigenvalue weighted by Crippen LogP contribution is 2.37. The highest BCUT2D eigenvalue weighted by atomic mass is 16.5. The minimum absolute atomic E-state index is 0.0791. The number of amides is 1. The number of anilines is 1. The van der Waals surface area contributed by atoms with Crippen LogP contribution in [0.5, 0.6) is 11.5 Å². The van der Waals surface area contributed by atoms with Crippen LogP contribution in [-0.2, 0) is 6.61 Å². The largest absolute Gasteiger partial charge is 0.493 e. The molecule has 2 heterocycles. The number of fused-ring (bicyclic) bond motifs is 2. The van der Waals surface area contributed by atoms with Gasteiger partial charge in [-0.25, -0.2) is 0 Å². The molecule has 1 fully saturated rings. The number of hydrogen-bond acceptors (Lipinski definition) is 4. The molecule has 4 rings (SSSR count). The van der Waals surface area contributed by atoms with Crippen molar-refractivity contribution in [2.75, 3.05) is 25.5 Å². The second-order valence-corrected chi connectivity index (χ2v) is 6.50. The molecule has 2 aromatic rings. The maximum Gasteiger partial charge on any atom is 0.256 e. The molecule has 1 N–H and O–H groups in total. The summed E-state index contributed by atoms with van der Waals surface area (Å²) in [6.07, 6.45) is 2.13. The van der Waals surface area contributed by atoms with Crippen LogP contribution in [0.25, 0.3) is 0 Å². The molecule has 0 unspecified atom stereocenters. The molecule has 2 aliphatic rings. The highest BCUT2D eigenvalue weighted by Gasteiger charge is 2.33. The quantitative estimate of drug-likeness (QED) is 0.929.